The van der Waals surface area contributed by atoms with Crippen molar-refractivity contribution in [2.75, 3.05) is 6.61 Å². The second kappa shape index (κ2) is 10.4. The first kappa shape index (κ1) is 27.6. The number of amides is 2. The second-order valence-corrected chi connectivity index (χ2v) is 12.0. The van der Waals surface area contributed by atoms with Gasteiger partial charge in [0.15, 0.2) is 0 Å². The molecule has 4 aromatic rings. The molecule has 1 spiro atoms. The number of hydrogen-bond acceptors (Lipinski definition) is 7. The number of aliphatic hydroxyl groups is 1. The summed E-state index contributed by atoms with van der Waals surface area (Å²) in [6.07, 6.45) is 6.39. The molecule has 2 amide bonds. The zero-order valence-electron chi connectivity index (χ0n) is 23.3. The van der Waals surface area contributed by atoms with Crippen molar-refractivity contribution in [1.29, 1.82) is 0 Å². The highest BCUT2D eigenvalue weighted by Gasteiger charge is 2.54. The Morgan fingerprint density at radius 1 is 1.14 bits per heavy atom. The summed E-state index contributed by atoms with van der Waals surface area (Å²) in [5, 5.41) is 17.3. The van der Waals surface area contributed by atoms with Gasteiger partial charge >= 0.3 is 0 Å². The number of nitrogens with zero attached hydrogens (tertiary/aromatic N) is 3. The molecule has 4 N–H and O–H groups in total. The van der Waals surface area contributed by atoms with Crippen molar-refractivity contribution in [3.05, 3.63) is 78.0 Å². The van der Waals surface area contributed by atoms with Crippen LogP contribution in [0.5, 0.6) is 11.5 Å². The number of fused-ring (bicyclic) bond motifs is 1. The van der Waals surface area contributed by atoms with Crippen LogP contribution >= 0.6 is 0 Å². The van der Waals surface area contributed by atoms with E-state index in [0.717, 1.165) is 25.7 Å². The third kappa shape index (κ3) is 5.64. The minimum atomic E-state index is -0.962. The molecule has 2 fully saturated rings. The van der Waals surface area contributed by atoms with E-state index in [1.165, 1.54) is 12.3 Å². The molecule has 0 saturated heterocycles. The minimum absolute atomic E-state index is 0.0475. The van der Waals surface area contributed by atoms with Gasteiger partial charge < -0.3 is 25.6 Å². The summed E-state index contributed by atoms with van der Waals surface area (Å²) < 4.78 is 27.0. The van der Waals surface area contributed by atoms with Gasteiger partial charge in [0.25, 0.3) is 11.8 Å². The van der Waals surface area contributed by atoms with Gasteiger partial charge in [-0.2, -0.15) is 9.49 Å². The molecular weight excluding hydrogens is 541 g/mol. The van der Waals surface area contributed by atoms with Gasteiger partial charge in [0.2, 0.25) is 5.95 Å². The predicted octanol–water partition coefficient (Wildman–Crippen LogP) is 3.90. The molecule has 0 atom stereocenters. The molecule has 10 nitrogen and oxygen atoms in total. The van der Waals surface area contributed by atoms with Gasteiger partial charge in [-0.1, -0.05) is 12.1 Å². The molecule has 3 aromatic heterocycles. The van der Waals surface area contributed by atoms with E-state index in [0.29, 0.717) is 33.8 Å². The summed E-state index contributed by atoms with van der Waals surface area (Å²) in [4.78, 5) is 29.0. The van der Waals surface area contributed by atoms with Crippen LogP contribution < -0.4 is 20.5 Å². The van der Waals surface area contributed by atoms with Crippen molar-refractivity contribution in [2.24, 2.45) is 11.1 Å². The summed E-state index contributed by atoms with van der Waals surface area (Å²) in [6.45, 7) is 3.46. The second-order valence-electron chi connectivity index (χ2n) is 12.0. The quantitative estimate of drug-likeness (QED) is 0.258. The Bertz CT molecular complexity index is 1670. The Morgan fingerprint density at radius 2 is 1.93 bits per heavy atom. The predicted molar refractivity (Wildman–Crippen MR) is 152 cm³/mol. The fraction of sp³-hybridized carbons (Fsp3) is 0.355. The molecule has 0 unspecified atom stereocenters. The minimum Gasteiger partial charge on any atom is -0.490 e. The Hall–Kier alpha value is -4.51. The van der Waals surface area contributed by atoms with Crippen LogP contribution in [0.1, 0.15) is 60.2 Å². The van der Waals surface area contributed by atoms with Crippen LogP contribution in [0.25, 0.3) is 16.8 Å². The van der Waals surface area contributed by atoms with E-state index in [2.05, 4.69) is 15.4 Å². The molecule has 1 aromatic carbocycles. The Kier molecular flexibility index (Phi) is 6.84. The van der Waals surface area contributed by atoms with Crippen molar-refractivity contribution in [2.45, 2.75) is 57.3 Å². The third-order valence-electron chi connectivity index (χ3n) is 7.89. The van der Waals surface area contributed by atoms with Crippen molar-refractivity contribution in [3.63, 3.8) is 0 Å². The fourth-order valence-corrected chi connectivity index (χ4v) is 5.89. The van der Waals surface area contributed by atoms with Crippen LogP contribution in [-0.4, -0.2) is 55.9 Å². The number of ether oxygens (including phenoxy) is 2. The van der Waals surface area contributed by atoms with E-state index in [9.17, 15) is 19.1 Å². The number of carbonyl (C=O) groups is 2. The molecule has 2 saturated carbocycles. The van der Waals surface area contributed by atoms with Crippen molar-refractivity contribution in [1.82, 2.24) is 19.9 Å². The number of aromatic nitrogens is 3. The number of nitrogens with two attached hydrogens (primary N) is 1. The largest absolute Gasteiger partial charge is 0.490 e. The Morgan fingerprint density at radius 3 is 2.64 bits per heavy atom. The number of nitrogens with one attached hydrogen (secondary N) is 1. The highest BCUT2D eigenvalue weighted by Crippen LogP contribution is 2.57. The number of halogens is 1. The molecule has 0 aliphatic heterocycles. The average Bonchev–Trinajstić information content (AvgIpc) is 3.32. The molecular formula is C31H32FN5O5. The standard InChI is InChI=1S/C31H32FN5O5/c1-30(2,40)17-41-20-7-9-25-23(15-34-37(25)16-20)29(39)35-19-11-31(12-19)13-21(14-31)42-26-10-18(6-8-22(26)28(33)38)24-4-3-5-27(32)36-24/h3-10,15-16,19,21,40H,11-14,17H2,1-2H3,(H2,33,38)(H,35,39). The van der Waals surface area contributed by atoms with Gasteiger partial charge in [-0.3, -0.25) is 9.59 Å². The van der Waals surface area contributed by atoms with E-state index in [1.807, 2.05) is 0 Å². The molecule has 0 radical (unpaired) electrons. The smallest absolute Gasteiger partial charge is 0.255 e. The van der Waals surface area contributed by atoms with Gasteiger partial charge in [0.1, 0.15) is 18.1 Å². The SMILES string of the molecule is CC(C)(O)COc1ccc2c(C(=O)NC3CC4(C3)CC(Oc3cc(-c5cccc(F)n5)ccc3C(N)=O)C4)cnn2c1. The number of pyridine rings is 2. The lowest BCUT2D eigenvalue weighted by Gasteiger charge is -2.57. The van der Waals surface area contributed by atoms with Crippen LogP contribution in [0.3, 0.4) is 0 Å². The molecule has 0 bridgehead atoms. The van der Waals surface area contributed by atoms with E-state index in [1.54, 1.807) is 67.0 Å². The van der Waals surface area contributed by atoms with Gasteiger partial charge in [0, 0.05) is 11.6 Å². The first-order valence-corrected chi connectivity index (χ1v) is 13.8. The van der Waals surface area contributed by atoms with E-state index >= 15 is 0 Å². The van der Waals surface area contributed by atoms with E-state index in [-0.39, 0.29) is 35.6 Å². The highest BCUT2D eigenvalue weighted by atomic mass is 19.1. The lowest BCUT2D eigenvalue weighted by Crippen LogP contribution is -2.58. The van der Waals surface area contributed by atoms with Gasteiger partial charge in [-0.15, -0.1) is 0 Å². The maximum Gasteiger partial charge on any atom is 0.255 e. The fourth-order valence-electron chi connectivity index (χ4n) is 5.89. The normalized spacial score (nSPS) is 21.4. The number of primary amides is 1. The Balaban J connectivity index is 1.04. The number of carbonyl (C=O) groups excluding carboxylic acids is 2. The number of benzene rings is 1. The summed E-state index contributed by atoms with van der Waals surface area (Å²) in [5.41, 5.74) is 7.16. The maximum absolute atomic E-state index is 13.6. The van der Waals surface area contributed by atoms with Crippen LogP contribution in [0.2, 0.25) is 0 Å². The third-order valence-corrected chi connectivity index (χ3v) is 7.89. The molecule has 11 heteroatoms. The molecule has 6 rings (SSSR count). The molecule has 2 aliphatic rings. The first-order chi connectivity index (χ1) is 20.0. The first-order valence-electron chi connectivity index (χ1n) is 13.8. The zero-order valence-corrected chi connectivity index (χ0v) is 23.3. The lowest BCUT2D eigenvalue weighted by molar-refractivity contribution is -0.0834. The van der Waals surface area contributed by atoms with Crippen LogP contribution in [0.15, 0.2) is 60.9 Å². The topological polar surface area (TPSA) is 141 Å². The van der Waals surface area contributed by atoms with Crippen LogP contribution in [-0.2, 0) is 0 Å². The zero-order chi connectivity index (χ0) is 29.6. The molecule has 42 heavy (non-hydrogen) atoms. The van der Waals surface area contributed by atoms with Crippen LogP contribution in [0, 0.1) is 11.4 Å². The van der Waals surface area contributed by atoms with Gasteiger partial charge in [-0.25, -0.2) is 9.50 Å². The van der Waals surface area contributed by atoms with Crippen molar-refractivity contribution >= 4 is 17.3 Å². The molecule has 3 heterocycles. The number of hydrogen-bond donors (Lipinski definition) is 3. The highest BCUT2D eigenvalue weighted by molar-refractivity contribution is 6.00. The van der Waals surface area contributed by atoms with Gasteiger partial charge in [-0.05, 0) is 81.3 Å². The summed E-state index contributed by atoms with van der Waals surface area (Å²) in [7, 11) is 0. The van der Waals surface area contributed by atoms with E-state index in [4.69, 9.17) is 15.2 Å². The number of rotatable bonds is 9. The molecule has 2 aliphatic carbocycles. The van der Waals surface area contributed by atoms with Crippen LogP contribution in [0.4, 0.5) is 4.39 Å². The summed E-state index contributed by atoms with van der Waals surface area (Å²) >= 11 is 0. The summed E-state index contributed by atoms with van der Waals surface area (Å²) in [6, 6.07) is 13.0. The van der Waals surface area contributed by atoms with Crippen molar-refractivity contribution in [3.8, 4) is 22.8 Å². The van der Waals surface area contributed by atoms with Gasteiger partial charge in [0.05, 0.1) is 46.4 Å². The average molecular weight is 574 g/mol. The maximum atomic E-state index is 13.6. The molecule has 218 valence electrons. The Labute approximate surface area is 241 Å². The monoisotopic (exact) mass is 573 g/mol. The van der Waals surface area contributed by atoms with Crippen molar-refractivity contribution < 1.29 is 28.6 Å². The summed E-state index contributed by atoms with van der Waals surface area (Å²) in [5.74, 6) is -0.476. The van der Waals surface area contributed by atoms with E-state index < -0.39 is 17.5 Å². The lowest BCUT2D eigenvalue weighted by atomic mass is 9.53.